The van der Waals surface area contributed by atoms with E-state index in [0.29, 0.717) is 17.9 Å². The number of hydrogen-bond donors (Lipinski definition) is 2. The van der Waals surface area contributed by atoms with Gasteiger partial charge in [0.15, 0.2) is 12.4 Å². The Morgan fingerprint density at radius 3 is 2.68 bits per heavy atom. The molecule has 6 nitrogen and oxygen atoms in total. The van der Waals surface area contributed by atoms with Crippen LogP contribution in [0.3, 0.4) is 0 Å². The average Bonchev–Trinajstić information content (AvgIpc) is 2.85. The number of benzene rings is 1. The zero-order valence-electron chi connectivity index (χ0n) is 14.4. The maximum Gasteiger partial charge on any atom is 0.258 e. The Labute approximate surface area is 147 Å². The van der Waals surface area contributed by atoms with Crippen molar-refractivity contribution in [2.45, 2.75) is 45.6 Å². The molecule has 25 heavy (non-hydrogen) atoms. The number of Topliss-reactive ketones (excluding diaryl/α,β-unsaturated/α-hetero) is 1. The van der Waals surface area contributed by atoms with Gasteiger partial charge in [0, 0.05) is 11.3 Å². The van der Waals surface area contributed by atoms with Gasteiger partial charge in [-0.1, -0.05) is 6.42 Å². The monoisotopic (exact) mass is 341 g/mol. The van der Waals surface area contributed by atoms with Crippen molar-refractivity contribution in [2.24, 2.45) is 0 Å². The van der Waals surface area contributed by atoms with Crippen molar-refractivity contribution >= 4 is 11.7 Å². The Balaban J connectivity index is 1.48. The fourth-order valence-corrected chi connectivity index (χ4v) is 3.04. The van der Waals surface area contributed by atoms with Gasteiger partial charge in [0.1, 0.15) is 5.75 Å². The highest BCUT2D eigenvalue weighted by atomic mass is 16.5. The van der Waals surface area contributed by atoms with Crippen LogP contribution < -0.4 is 10.1 Å². The first-order valence-electron chi connectivity index (χ1n) is 8.69. The molecule has 0 atom stereocenters. The number of aromatic nitrogens is 2. The molecular formula is C19H23N3O3. The second-order valence-corrected chi connectivity index (χ2v) is 6.33. The molecule has 0 bridgehead atoms. The molecule has 132 valence electrons. The van der Waals surface area contributed by atoms with Crippen LogP contribution in [-0.2, 0) is 24.2 Å². The fraction of sp³-hybridized carbons (Fsp3) is 0.421. The van der Waals surface area contributed by atoms with E-state index in [9.17, 15) is 9.59 Å². The molecule has 0 fully saturated rings. The van der Waals surface area contributed by atoms with Gasteiger partial charge < -0.3 is 10.1 Å². The van der Waals surface area contributed by atoms with E-state index in [1.54, 1.807) is 24.3 Å². The first kappa shape index (κ1) is 17.2. The molecule has 0 radical (unpaired) electrons. The minimum Gasteiger partial charge on any atom is -0.484 e. The quantitative estimate of drug-likeness (QED) is 0.625. The number of nitrogens with zero attached hydrogens (tertiary/aromatic N) is 1. The van der Waals surface area contributed by atoms with Crippen molar-refractivity contribution in [3.63, 3.8) is 0 Å². The number of carbonyl (C=O) groups excluding carboxylic acids is 2. The van der Waals surface area contributed by atoms with Gasteiger partial charge in [0.05, 0.1) is 12.2 Å². The molecule has 1 amide bonds. The Hall–Kier alpha value is -2.63. The standard InChI is InChI=1S/C19H23N3O3/c1-13(23)14-7-9-15(10-8-14)25-12-19(24)20-11-18-16-5-3-2-4-6-17(16)21-22-18/h7-10H,2-6,11-12H2,1H3,(H,20,24)(H,21,22). The van der Waals surface area contributed by atoms with Crippen LogP contribution in [0.25, 0.3) is 0 Å². The number of aromatic amines is 1. The van der Waals surface area contributed by atoms with Crippen molar-refractivity contribution in [3.8, 4) is 5.75 Å². The maximum atomic E-state index is 12.0. The number of hydrogen-bond acceptors (Lipinski definition) is 4. The third-order valence-electron chi connectivity index (χ3n) is 4.48. The maximum absolute atomic E-state index is 12.0. The summed E-state index contributed by atoms with van der Waals surface area (Å²) in [5.74, 6) is 0.372. The summed E-state index contributed by atoms with van der Waals surface area (Å²) in [6, 6.07) is 6.76. The van der Waals surface area contributed by atoms with Gasteiger partial charge in [-0.05, 0) is 62.4 Å². The number of nitrogens with one attached hydrogen (secondary N) is 2. The summed E-state index contributed by atoms with van der Waals surface area (Å²) in [7, 11) is 0. The molecule has 1 aliphatic carbocycles. The molecule has 3 rings (SSSR count). The topological polar surface area (TPSA) is 84.1 Å². The van der Waals surface area contributed by atoms with E-state index in [1.807, 2.05) is 0 Å². The predicted molar refractivity (Wildman–Crippen MR) is 93.6 cm³/mol. The highest BCUT2D eigenvalue weighted by molar-refractivity contribution is 5.94. The van der Waals surface area contributed by atoms with Gasteiger partial charge in [0.25, 0.3) is 5.91 Å². The van der Waals surface area contributed by atoms with Crippen LogP contribution in [-0.4, -0.2) is 28.5 Å². The molecule has 1 aliphatic rings. The smallest absolute Gasteiger partial charge is 0.258 e. The van der Waals surface area contributed by atoms with Crippen LogP contribution in [0, 0.1) is 0 Å². The number of carbonyl (C=O) groups is 2. The first-order chi connectivity index (χ1) is 12.1. The van der Waals surface area contributed by atoms with Crippen molar-refractivity contribution in [3.05, 3.63) is 46.8 Å². The molecule has 6 heteroatoms. The lowest BCUT2D eigenvalue weighted by Crippen LogP contribution is -2.28. The summed E-state index contributed by atoms with van der Waals surface area (Å²) in [5.41, 5.74) is 4.02. The van der Waals surface area contributed by atoms with Crippen LogP contribution >= 0.6 is 0 Å². The first-order valence-corrected chi connectivity index (χ1v) is 8.69. The van der Waals surface area contributed by atoms with E-state index < -0.39 is 0 Å². The molecule has 1 aromatic heterocycles. The Kier molecular flexibility index (Phi) is 5.48. The second kappa shape index (κ2) is 7.96. The van der Waals surface area contributed by atoms with Crippen LogP contribution in [0.5, 0.6) is 5.75 Å². The molecule has 0 saturated carbocycles. The second-order valence-electron chi connectivity index (χ2n) is 6.33. The number of ether oxygens (including phenoxy) is 1. The summed E-state index contributed by atoms with van der Waals surface area (Å²) in [5, 5.41) is 10.3. The molecule has 2 aromatic rings. The highest BCUT2D eigenvalue weighted by Gasteiger charge is 2.16. The zero-order chi connectivity index (χ0) is 17.6. The zero-order valence-corrected chi connectivity index (χ0v) is 14.4. The summed E-state index contributed by atoms with van der Waals surface area (Å²) in [6.07, 6.45) is 5.67. The van der Waals surface area contributed by atoms with Crippen LogP contribution in [0.4, 0.5) is 0 Å². The molecule has 0 saturated heterocycles. The average molecular weight is 341 g/mol. The van der Waals surface area contributed by atoms with E-state index >= 15 is 0 Å². The predicted octanol–water partition coefficient (Wildman–Crippen LogP) is 2.58. The van der Waals surface area contributed by atoms with Crippen LogP contribution in [0.15, 0.2) is 24.3 Å². The lowest BCUT2D eigenvalue weighted by atomic mass is 10.1. The Bertz CT molecular complexity index is 750. The molecule has 2 N–H and O–H groups in total. The van der Waals surface area contributed by atoms with Crippen molar-refractivity contribution in [1.82, 2.24) is 15.5 Å². The number of ketones is 1. The Morgan fingerprint density at radius 1 is 1.16 bits per heavy atom. The minimum absolute atomic E-state index is 0.00225. The SMILES string of the molecule is CC(=O)c1ccc(OCC(=O)NCc2n[nH]c3c2CCCCC3)cc1. The molecular weight excluding hydrogens is 318 g/mol. The lowest BCUT2D eigenvalue weighted by molar-refractivity contribution is -0.123. The summed E-state index contributed by atoms with van der Waals surface area (Å²) >= 11 is 0. The van der Waals surface area contributed by atoms with Crippen LogP contribution in [0.2, 0.25) is 0 Å². The molecule has 1 aromatic carbocycles. The van der Waals surface area contributed by atoms with Crippen molar-refractivity contribution in [2.75, 3.05) is 6.61 Å². The number of amides is 1. The van der Waals surface area contributed by atoms with Gasteiger partial charge in [0.2, 0.25) is 0 Å². The molecule has 0 unspecified atom stereocenters. The largest absolute Gasteiger partial charge is 0.484 e. The van der Waals surface area contributed by atoms with E-state index in [0.717, 1.165) is 18.5 Å². The van der Waals surface area contributed by atoms with Crippen molar-refractivity contribution in [1.29, 1.82) is 0 Å². The molecule has 0 spiro atoms. The van der Waals surface area contributed by atoms with Gasteiger partial charge in [-0.15, -0.1) is 0 Å². The van der Waals surface area contributed by atoms with E-state index in [1.165, 1.54) is 37.4 Å². The molecule has 1 heterocycles. The normalized spacial score (nSPS) is 13.6. The number of aryl methyl sites for hydroxylation is 1. The fourth-order valence-electron chi connectivity index (χ4n) is 3.04. The van der Waals surface area contributed by atoms with Crippen LogP contribution in [0.1, 0.15) is 53.5 Å². The summed E-state index contributed by atoms with van der Waals surface area (Å²) in [4.78, 5) is 23.2. The number of rotatable bonds is 6. The third-order valence-corrected chi connectivity index (χ3v) is 4.48. The molecule has 0 aliphatic heterocycles. The lowest BCUT2D eigenvalue weighted by Gasteiger charge is -2.08. The Morgan fingerprint density at radius 2 is 1.92 bits per heavy atom. The van der Waals surface area contributed by atoms with Gasteiger partial charge in [-0.3, -0.25) is 14.7 Å². The van der Waals surface area contributed by atoms with E-state index in [-0.39, 0.29) is 18.3 Å². The summed E-state index contributed by atoms with van der Waals surface area (Å²) in [6.45, 7) is 1.86. The third kappa shape index (κ3) is 4.47. The van der Waals surface area contributed by atoms with Gasteiger partial charge in [-0.2, -0.15) is 5.10 Å². The number of fused-ring (bicyclic) bond motifs is 1. The number of H-pyrrole nitrogens is 1. The van der Waals surface area contributed by atoms with Gasteiger partial charge >= 0.3 is 0 Å². The van der Waals surface area contributed by atoms with E-state index in [2.05, 4.69) is 15.5 Å². The highest BCUT2D eigenvalue weighted by Crippen LogP contribution is 2.21. The minimum atomic E-state index is -0.194. The summed E-state index contributed by atoms with van der Waals surface area (Å²) < 4.78 is 5.45. The van der Waals surface area contributed by atoms with Gasteiger partial charge in [-0.25, -0.2) is 0 Å². The van der Waals surface area contributed by atoms with E-state index in [4.69, 9.17) is 4.74 Å². The van der Waals surface area contributed by atoms with Crippen molar-refractivity contribution < 1.29 is 14.3 Å².